The van der Waals surface area contributed by atoms with Gasteiger partial charge in [-0.05, 0) is 49.2 Å². The van der Waals surface area contributed by atoms with Crippen LogP contribution in [0.2, 0.25) is 0 Å². The lowest BCUT2D eigenvalue weighted by atomic mass is 10.1. The van der Waals surface area contributed by atoms with Gasteiger partial charge in [0.2, 0.25) is 0 Å². The normalized spacial score (nSPS) is 12.0. The fourth-order valence-corrected chi connectivity index (χ4v) is 1.95. The zero-order valence-corrected chi connectivity index (χ0v) is 12.5. The highest BCUT2D eigenvalue weighted by atomic mass is 16.5. The molecule has 0 fully saturated rings. The van der Waals surface area contributed by atoms with Gasteiger partial charge in [0.25, 0.3) is 0 Å². The third-order valence-corrected chi connectivity index (χ3v) is 3.36. The molecule has 0 aliphatic heterocycles. The summed E-state index contributed by atoms with van der Waals surface area (Å²) in [6.45, 7) is 4.38. The number of hydrogen-bond donors (Lipinski definition) is 2. The number of rotatable bonds is 5. The van der Waals surface area contributed by atoms with E-state index in [2.05, 4.69) is 10.6 Å². The molecule has 0 aliphatic rings. The smallest absolute Gasteiger partial charge is 0.319 e. The minimum atomic E-state index is -0.300. The summed E-state index contributed by atoms with van der Waals surface area (Å²) in [6, 6.07) is 9.13. The minimum Gasteiger partial charge on any atom is -0.467 e. The van der Waals surface area contributed by atoms with Crippen molar-refractivity contribution in [2.45, 2.75) is 20.0 Å². The average Bonchev–Trinajstić information content (AvgIpc) is 2.98. The van der Waals surface area contributed by atoms with E-state index in [0.29, 0.717) is 12.3 Å². The van der Waals surface area contributed by atoms with E-state index in [0.717, 1.165) is 11.3 Å². The summed E-state index contributed by atoms with van der Waals surface area (Å²) < 4.78 is 10.6. The van der Waals surface area contributed by atoms with Crippen molar-refractivity contribution in [3.05, 3.63) is 53.5 Å². The lowest BCUT2D eigenvalue weighted by Crippen LogP contribution is -2.32. The summed E-state index contributed by atoms with van der Waals surface area (Å²) >= 11 is 0. The van der Waals surface area contributed by atoms with Crippen molar-refractivity contribution in [3.8, 4) is 0 Å². The summed E-state index contributed by atoms with van der Waals surface area (Å²) in [5.41, 5.74) is 3.10. The number of carbonyl (C=O) groups is 1. The van der Waals surface area contributed by atoms with Gasteiger partial charge in [-0.1, -0.05) is 6.07 Å². The van der Waals surface area contributed by atoms with Crippen LogP contribution in [-0.4, -0.2) is 19.7 Å². The summed E-state index contributed by atoms with van der Waals surface area (Å²) in [4.78, 5) is 11.9. The van der Waals surface area contributed by atoms with Crippen LogP contribution in [0.25, 0.3) is 0 Å². The van der Waals surface area contributed by atoms with Crippen molar-refractivity contribution in [1.82, 2.24) is 5.32 Å². The van der Waals surface area contributed by atoms with Crippen molar-refractivity contribution >= 4 is 11.7 Å². The summed E-state index contributed by atoms with van der Waals surface area (Å²) in [6.07, 6.45) is 1.28. The lowest BCUT2D eigenvalue weighted by Gasteiger charge is -2.14. The first-order valence-electron chi connectivity index (χ1n) is 6.78. The molecule has 1 aromatic carbocycles. The molecule has 1 atom stereocenters. The maximum absolute atomic E-state index is 11.9. The quantitative estimate of drug-likeness (QED) is 0.886. The molecular formula is C16H20N2O3. The molecule has 21 heavy (non-hydrogen) atoms. The van der Waals surface area contributed by atoms with Crippen LogP contribution in [0.4, 0.5) is 10.5 Å². The Balaban J connectivity index is 1.88. The number of ether oxygens (including phenoxy) is 1. The highest BCUT2D eigenvalue weighted by Gasteiger charge is 2.14. The van der Waals surface area contributed by atoms with E-state index >= 15 is 0 Å². The van der Waals surface area contributed by atoms with Crippen molar-refractivity contribution < 1.29 is 13.9 Å². The average molecular weight is 288 g/mol. The van der Waals surface area contributed by atoms with E-state index in [1.807, 2.05) is 38.1 Å². The van der Waals surface area contributed by atoms with Gasteiger partial charge in [-0.3, -0.25) is 0 Å². The van der Waals surface area contributed by atoms with Crippen LogP contribution in [-0.2, 0) is 4.74 Å². The second-order valence-electron chi connectivity index (χ2n) is 4.87. The zero-order valence-electron chi connectivity index (χ0n) is 12.5. The van der Waals surface area contributed by atoms with Crippen molar-refractivity contribution in [1.29, 1.82) is 0 Å². The molecule has 0 spiro atoms. The molecule has 2 aromatic rings. The Kier molecular flexibility index (Phi) is 5.00. The highest BCUT2D eigenvalue weighted by molar-refractivity contribution is 5.89. The molecule has 0 bridgehead atoms. The number of nitrogens with one attached hydrogen (secondary N) is 2. The highest BCUT2D eigenvalue weighted by Crippen LogP contribution is 2.16. The molecule has 0 radical (unpaired) electrons. The number of methoxy groups -OCH3 is 1. The van der Waals surface area contributed by atoms with Crippen molar-refractivity contribution in [3.63, 3.8) is 0 Å². The van der Waals surface area contributed by atoms with Crippen LogP contribution in [0.5, 0.6) is 0 Å². The van der Waals surface area contributed by atoms with Gasteiger partial charge in [0.15, 0.2) is 0 Å². The first-order chi connectivity index (χ1) is 10.1. The maximum Gasteiger partial charge on any atom is 0.319 e. The Morgan fingerprint density at radius 3 is 2.71 bits per heavy atom. The fraction of sp³-hybridized carbons (Fsp3) is 0.312. The number of benzene rings is 1. The Hall–Kier alpha value is -2.27. The predicted octanol–water partition coefficient (Wildman–Crippen LogP) is 3.41. The van der Waals surface area contributed by atoms with Crippen LogP contribution in [0.15, 0.2) is 41.0 Å². The van der Waals surface area contributed by atoms with Gasteiger partial charge >= 0.3 is 6.03 Å². The molecule has 2 rings (SSSR count). The summed E-state index contributed by atoms with van der Waals surface area (Å²) in [5.74, 6) is 0.684. The van der Waals surface area contributed by atoms with E-state index in [1.165, 1.54) is 5.56 Å². The van der Waals surface area contributed by atoms with Gasteiger partial charge in [-0.2, -0.15) is 0 Å². The number of furan rings is 1. The number of anilines is 1. The largest absolute Gasteiger partial charge is 0.467 e. The van der Waals surface area contributed by atoms with E-state index in [-0.39, 0.29) is 12.1 Å². The molecule has 112 valence electrons. The lowest BCUT2D eigenvalue weighted by molar-refractivity contribution is 0.0855. The van der Waals surface area contributed by atoms with E-state index < -0.39 is 0 Å². The molecule has 1 heterocycles. The number of amides is 2. The predicted molar refractivity (Wildman–Crippen MR) is 81.4 cm³/mol. The van der Waals surface area contributed by atoms with Crippen LogP contribution in [0, 0.1) is 13.8 Å². The third-order valence-electron chi connectivity index (χ3n) is 3.36. The van der Waals surface area contributed by atoms with Crippen molar-refractivity contribution in [2.24, 2.45) is 0 Å². The van der Waals surface area contributed by atoms with Crippen LogP contribution in [0.3, 0.4) is 0 Å². The molecule has 0 aliphatic carbocycles. The summed E-state index contributed by atoms with van der Waals surface area (Å²) in [7, 11) is 1.58. The monoisotopic (exact) mass is 288 g/mol. The van der Waals surface area contributed by atoms with Crippen molar-refractivity contribution in [2.75, 3.05) is 19.0 Å². The molecule has 2 amide bonds. The van der Waals surface area contributed by atoms with E-state index in [4.69, 9.17) is 9.15 Å². The molecular weight excluding hydrogens is 268 g/mol. The standard InChI is InChI=1S/C16H20N2O3/c1-11-6-7-13(9-12(11)2)18-16(19)17-10-15(20-3)14-5-4-8-21-14/h4-9,15H,10H2,1-3H3,(H2,17,18,19). The van der Waals surface area contributed by atoms with Crippen LogP contribution < -0.4 is 10.6 Å². The molecule has 5 heteroatoms. The molecule has 1 aromatic heterocycles. The Bertz CT molecular complexity index is 594. The van der Waals surface area contributed by atoms with E-state index in [9.17, 15) is 4.79 Å². The number of aryl methyl sites for hydroxylation is 2. The van der Waals surface area contributed by atoms with Gasteiger partial charge in [-0.15, -0.1) is 0 Å². The molecule has 1 unspecified atom stereocenters. The topological polar surface area (TPSA) is 63.5 Å². The second-order valence-corrected chi connectivity index (χ2v) is 4.87. The number of urea groups is 1. The van der Waals surface area contributed by atoms with Gasteiger partial charge in [-0.25, -0.2) is 4.79 Å². The van der Waals surface area contributed by atoms with Gasteiger partial charge in [0, 0.05) is 12.8 Å². The molecule has 5 nitrogen and oxygen atoms in total. The Morgan fingerprint density at radius 2 is 2.10 bits per heavy atom. The molecule has 0 saturated heterocycles. The van der Waals surface area contributed by atoms with Crippen LogP contribution in [0.1, 0.15) is 23.0 Å². The third kappa shape index (κ3) is 4.10. The summed E-state index contributed by atoms with van der Waals surface area (Å²) in [5, 5.41) is 5.57. The first kappa shape index (κ1) is 15.1. The number of hydrogen-bond acceptors (Lipinski definition) is 3. The maximum atomic E-state index is 11.9. The molecule has 0 saturated carbocycles. The SMILES string of the molecule is COC(CNC(=O)Nc1ccc(C)c(C)c1)c1ccco1. The Morgan fingerprint density at radius 1 is 1.29 bits per heavy atom. The first-order valence-corrected chi connectivity index (χ1v) is 6.78. The molecule has 2 N–H and O–H groups in total. The Labute approximate surface area is 124 Å². The fourth-order valence-electron chi connectivity index (χ4n) is 1.95. The van der Waals surface area contributed by atoms with E-state index in [1.54, 1.807) is 19.4 Å². The van der Waals surface area contributed by atoms with Crippen LogP contribution >= 0.6 is 0 Å². The van der Waals surface area contributed by atoms with Gasteiger partial charge in [0.1, 0.15) is 11.9 Å². The van der Waals surface area contributed by atoms with Gasteiger partial charge < -0.3 is 19.8 Å². The minimum absolute atomic E-state index is 0.271. The zero-order chi connectivity index (χ0) is 15.2. The second kappa shape index (κ2) is 6.95. The number of carbonyl (C=O) groups excluding carboxylic acids is 1. The van der Waals surface area contributed by atoms with Gasteiger partial charge in [0.05, 0.1) is 12.8 Å².